The molecule has 0 radical (unpaired) electrons. The zero-order valence-electron chi connectivity index (χ0n) is 7.23. The van der Waals surface area contributed by atoms with Crippen LogP contribution in [-0.2, 0) is 12.8 Å². The van der Waals surface area contributed by atoms with E-state index in [0.717, 1.165) is 4.75 Å². The van der Waals surface area contributed by atoms with Crippen molar-refractivity contribution in [2.24, 2.45) is 0 Å². The van der Waals surface area contributed by atoms with E-state index in [0.29, 0.717) is 0 Å². The summed E-state index contributed by atoms with van der Waals surface area (Å²) in [6, 6.07) is 0. The minimum absolute atomic E-state index is 1.07. The number of hydrogen-bond donors (Lipinski definition) is 0. The predicted molar refractivity (Wildman–Crippen MR) is 55.3 cm³/mol. The van der Waals surface area contributed by atoms with Crippen LogP contribution < -0.4 is 0 Å². The van der Waals surface area contributed by atoms with E-state index in [-0.39, 0.29) is 0 Å². The van der Waals surface area contributed by atoms with Crippen molar-refractivity contribution < 1.29 is 0 Å². The fourth-order valence-corrected chi connectivity index (χ4v) is 3.10. The van der Waals surface area contributed by atoms with Crippen LogP contribution in [0.15, 0.2) is 5.80 Å². The van der Waals surface area contributed by atoms with E-state index in [9.17, 15) is 0 Å². The molecular weight excluding hydrogens is 187 g/mol. The minimum atomic E-state index is 1.07. The van der Waals surface area contributed by atoms with E-state index in [1.165, 1.54) is 50.6 Å². The summed E-state index contributed by atoms with van der Waals surface area (Å²) in [5, 5.41) is 0. The van der Waals surface area contributed by atoms with Crippen molar-refractivity contribution in [1.29, 1.82) is 0 Å². The van der Waals surface area contributed by atoms with E-state index >= 15 is 0 Å². The molecule has 12 heavy (non-hydrogen) atoms. The first-order chi connectivity index (χ1) is 5.79. The van der Waals surface area contributed by atoms with Crippen molar-refractivity contribution in [3.05, 3.63) is 27.2 Å². The average Bonchev–Trinajstić information content (AvgIpc) is 2.12. The van der Waals surface area contributed by atoms with Crippen molar-refractivity contribution in [1.82, 2.24) is 0 Å². The topological polar surface area (TPSA) is 0 Å². The predicted octanol–water partition coefficient (Wildman–Crippen LogP) is 4.11. The Morgan fingerprint density at radius 1 is 1.25 bits per heavy atom. The van der Waals surface area contributed by atoms with Crippen LogP contribution in [0, 0.1) is 6.92 Å². The Morgan fingerprint density at radius 2 is 1.92 bits per heavy atom. The molecule has 0 N–H and O–H groups in total. The zero-order chi connectivity index (χ0) is 8.55. The third-order valence-electron chi connectivity index (χ3n) is 2.56. The van der Waals surface area contributed by atoms with Crippen LogP contribution in [0.1, 0.15) is 29.5 Å². The van der Waals surface area contributed by atoms with Gasteiger partial charge in [-0.15, -0.1) is 0 Å². The normalized spacial score (nSPS) is 16.5. The van der Waals surface area contributed by atoms with Crippen LogP contribution in [0.2, 0.25) is 4.75 Å². The van der Waals surface area contributed by atoms with Crippen LogP contribution in [0.3, 0.4) is 0 Å². The molecule has 2 heteroatoms. The molecule has 1 aromatic rings. The van der Waals surface area contributed by atoms with Gasteiger partial charge in [-0.25, -0.2) is 0 Å². The molecule has 0 spiro atoms. The van der Waals surface area contributed by atoms with Gasteiger partial charge < -0.3 is 0 Å². The average molecular weight is 199 g/mol. The summed E-state index contributed by atoms with van der Waals surface area (Å²) in [5.74, 6) is 2.23. The Labute approximate surface area is 80.1 Å². The minimum Gasteiger partial charge on any atom is -0.0786 e. The molecule has 1 aliphatic rings. The number of hydrogen-bond acceptors (Lipinski definition) is 0. The SMILES string of the molecule is Cc1cpc(Cl)c2c1CCCC2. The van der Waals surface area contributed by atoms with E-state index in [4.69, 9.17) is 11.6 Å². The number of aryl methyl sites for hydroxylation is 1. The highest BCUT2D eigenvalue weighted by atomic mass is 35.5. The summed E-state index contributed by atoms with van der Waals surface area (Å²) in [4.78, 5) is 0. The van der Waals surface area contributed by atoms with Crippen LogP contribution in [0.4, 0.5) is 0 Å². The second kappa shape index (κ2) is 3.36. The first kappa shape index (κ1) is 8.53. The molecule has 0 bridgehead atoms. The maximum Gasteiger partial charge on any atom is 0.0710 e. The molecule has 64 valence electrons. The van der Waals surface area contributed by atoms with Crippen molar-refractivity contribution in [3.8, 4) is 0 Å². The van der Waals surface area contributed by atoms with Crippen molar-refractivity contribution in [3.63, 3.8) is 0 Å². The van der Waals surface area contributed by atoms with Gasteiger partial charge in [0.05, 0.1) is 4.75 Å². The standard InChI is InChI=1S/C10H12ClP/c1-7-6-12-10(11)9-5-3-2-4-8(7)9/h6H,2-5H2,1H3. The van der Waals surface area contributed by atoms with E-state index in [1.807, 2.05) is 0 Å². The molecule has 0 nitrogen and oxygen atoms in total. The molecule has 1 heterocycles. The summed E-state index contributed by atoms with van der Waals surface area (Å²) >= 11 is 6.16. The third kappa shape index (κ3) is 1.39. The Bertz CT molecular complexity index is 276. The molecule has 1 aromatic heterocycles. The summed E-state index contributed by atoms with van der Waals surface area (Å²) in [6.45, 7) is 2.21. The molecule has 1 aliphatic carbocycles. The highest BCUT2D eigenvalue weighted by molar-refractivity contribution is 7.33. The van der Waals surface area contributed by atoms with Crippen molar-refractivity contribution >= 4 is 19.8 Å². The Balaban J connectivity index is 2.57. The summed E-state index contributed by atoms with van der Waals surface area (Å²) in [5.41, 5.74) is 4.44. The largest absolute Gasteiger partial charge is 0.0786 e. The first-order valence-electron chi connectivity index (χ1n) is 4.42. The maximum absolute atomic E-state index is 6.16. The van der Waals surface area contributed by atoms with Crippen molar-refractivity contribution in [2.45, 2.75) is 32.6 Å². The van der Waals surface area contributed by atoms with Gasteiger partial charge in [0.2, 0.25) is 0 Å². The monoisotopic (exact) mass is 198 g/mol. The maximum atomic E-state index is 6.16. The molecular formula is C10H12ClP. The van der Waals surface area contributed by atoms with E-state index in [2.05, 4.69) is 12.7 Å². The molecule has 0 amide bonds. The second-order valence-electron chi connectivity index (χ2n) is 3.40. The fraction of sp³-hybridized carbons (Fsp3) is 0.500. The van der Waals surface area contributed by atoms with Gasteiger partial charge in [-0.3, -0.25) is 0 Å². The second-order valence-corrected chi connectivity index (χ2v) is 5.00. The number of rotatable bonds is 0. The molecule has 0 fully saturated rings. The highest BCUT2D eigenvalue weighted by Crippen LogP contribution is 2.35. The van der Waals surface area contributed by atoms with Crippen LogP contribution >= 0.6 is 19.8 Å². The van der Waals surface area contributed by atoms with E-state index < -0.39 is 0 Å². The lowest BCUT2D eigenvalue weighted by atomic mass is 9.92. The first-order valence-corrected chi connectivity index (χ1v) is 5.76. The summed E-state index contributed by atoms with van der Waals surface area (Å²) < 4.78 is 1.07. The van der Waals surface area contributed by atoms with Crippen LogP contribution in [0.25, 0.3) is 0 Å². The molecule has 0 unspecified atom stereocenters. The molecule has 0 atom stereocenters. The van der Waals surface area contributed by atoms with Crippen molar-refractivity contribution in [2.75, 3.05) is 0 Å². The van der Waals surface area contributed by atoms with Gasteiger partial charge >= 0.3 is 0 Å². The lowest BCUT2D eigenvalue weighted by Crippen LogP contribution is -2.04. The van der Waals surface area contributed by atoms with Gasteiger partial charge in [-0.2, -0.15) is 0 Å². The summed E-state index contributed by atoms with van der Waals surface area (Å²) in [6.07, 6.45) is 5.10. The Kier molecular flexibility index (Phi) is 2.39. The molecule has 2 rings (SSSR count). The van der Waals surface area contributed by atoms with Gasteiger partial charge in [0.25, 0.3) is 0 Å². The Morgan fingerprint density at radius 3 is 2.58 bits per heavy atom. The van der Waals surface area contributed by atoms with Gasteiger partial charge in [-0.05, 0) is 55.1 Å². The van der Waals surface area contributed by atoms with Gasteiger partial charge in [-0.1, -0.05) is 19.8 Å². The molecule has 0 saturated carbocycles. The Hall–Kier alpha value is -0.0600. The highest BCUT2D eigenvalue weighted by Gasteiger charge is 2.13. The van der Waals surface area contributed by atoms with Gasteiger partial charge in [0.15, 0.2) is 0 Å². The van der Waals surface area contributed by atoms with Gasteiger partial charge in [0.1, 0.15) is 0 Å². The molecule has 0 aliphatic heterocycles. The lowest BCUT2D eigenvalue weighted by Gasteiger charge is -2.18. The lowest BCUT2D eigenvalue weighted by molar-refractivity contribution is 0.684. The van der Waals surface area contributed by atoms with Gasteiger partial charge in [0, 0.05) is 0 Å². The van der Waals surface area contributed by atoms with E-state index in [1.54, 1.807) is 0 Å². The molecule has 0 aromatic carbocycles. The van der Waals surface area contributed by atoms with Crippen LogP contribution in [-0.4, -0.2) is 0 Å². The van der Waals surface area contributed by atoms with Crippen LogP contribution in [0.5, 0.6) is 0 Å². The number of halogens is 1. The molecule has 0 saturated heterocycles. The fourth-order valence-electron chi connectivity index (χ4n) is 1.88. The zero-order valence-corrected chi connectivity index (χ0v) is 8.88. The summed E-state index contributed by atoms with van der Waals surface area (Å²) in [7, 11) is 1.20. The number of fused-ring (bicyclic) bond motifs is 1. The smallest absolute Gasteiger partial charge is 0.0710 e. The quantitative estimate of drug-likeness (QED) is 0.589. The third-order valence-corrected chi connectivity index (χ3v) is 4.10.